The molecule has 1 aromatic rings. The Balaban J connectivity index is 2.63. The number of hydrogen-bond donors (Lipinski definition) is 1. The SMILES string of the molecule is CCCNCC(CCOC(C)(C)C)c1ccccc1Br. The summed E-state index contributed by atoms with van der Waals surface area (Å²) in [6.45, 7) is 11.4. The Hall–Kier alpha value is -0.380. The largest absolute Gasteiger partial charge is 0.376 e. The zero-order valence-electron chi connectivity index (χ0n) is 13.2. The fourth-order valence-corrected chi connectivity index (χ4v) is 2.74. The van der Waals surface area contributed by atoms with E-state index in [1.54, 1.807) is 0 Å². The second-order valence-corrected chi connectivity index (χ2v) is 7.03. The zero-order valence-corrected chi connectivity index (χ0v) is 14.8. The van der Waals surface area contributed by atoms with Gasteiger partial charge in [-0.15, -0.1) is 0 Å². The van der Waals surface area contributed by atoms with Gasteiger partial charge >= 0.3 is 0 Å². The summed E-state index contributed by atoms with van der Waals surface area (Å²) in [5.74, 6) is 0.486. The summed E-state index contributed by atoms with van der Waals surface area (Å²) in [7, 11) is 0. The summed E-state index contributed by atoms with van der Waals surface area (Å²) in [5.41, 5.74) is 1.31. The van der Waals surface area contributed by atoms with E-state index in [4.69, 9.17) is 4.74 Å². The van der Waals surface area contributed by atoms with E-state index in [9.17, 15) is 0 Å². The van der Waals surface area contributed by atoms with E-state index < -0.39 is 0 Å². The second kappa shape index (κ2) is 8.81. The molecule has 0 heterocycles. The number of rotatable bonds is 8. The van der Waals surface area contributed by atoms with Crippen molar-refractivity contribution in [3.05, 3.63) is 34.3 Å². The van der Waals surface area contributed by atoms with E-state index in [2.05, 4.69) is 73.2 Å². The maximum atomic E-state index is 5.88. The molecule has 1 aromatic carbocycles. The van der Waals surface area contributed by atoms with Crippen LogP contribution in [0.2, 0.25) is 0 Å². The Bertz CT molecular complexity index is 387. The Labute approximate surface area is 132 Å². The van der Waals surface area contributed by atoms with Crippen LogP contribution in [0.3, 0.4) is 0 Å². The second-order valence-electron chi connectivity index (χ2n) is 6.17. The molecule has 2 nitrogen and oxygen atoms in total. The van der Waals surface area contributed by atoms with Gasteiger partial charge in [-0.05, 0) is 57.7 Å². The minimum atomic E-state index is -0.0602. The molecule has 0 aliphatic carbocycles. The lowest BCUT2D eigenvalue weighted by Gasteiger charge is -2.23. The monoisotopic (exact) mass is 341 g/mol. The van der Waals surface area contributed by atoms with Crippen molar-refractivity contribution in [3.63, 3.8) is 0 Å². The normalized spacial score (nSPS) is 13.4. The lowest BCUT2D eigenvalue weighted by atomic mass is 9.96. The fraction of sp³-hybridized carbons (Fsp3) is 0.647. The van der Waals surface area contributed by atoms with E-state index >= 15 is 0 Å². The van der Waals surface area contributed by atoms with Gasteiger partial charge in [0.2, 0.25) is 0 Å². The molecule has 0 saturated carbocycles. The molecule has 0 amide bonds. The van der Waals surface area contributed by atoms with E-state index in [1.807, 2.05) is 0 Å². The number of hydrogen-bond acceptors (Lipinski definition) is 2. The van der Waals surface area contributed by atoms with Crippen LogP contribution in [0.4, 0.5) is 0 Å². The predicted octanol–water partition coefficient (Wildman–Crippen LogP) is 4.74. The van der Waals surface area contributed by atoms with Crippen LogP contribution in [-0.2, 0) is 4.74 Å². The maximum Gasteiger partial charge on any atom is 0.0598 e. The van der Waals surface area contributed by atoms with Crippen LogP contribution in [0.1, 0.15) is 52.0 Å². The van der Waals surface area contributed by atoms with Crippen molar-refractivity contribution in [2.45, 2.75) is 52.1 Å². The Morgan fingerprint density at radius 1 is 1.25 bits per heavy atom. The van der Waals surface area contributed by atoms with Crippen LogP contribution < -0.4 is 5.32 Å². The van der Waals surface area contributed by atoms with Crippen molar-refractivity contribution in [1.29, 1.82) is 0 Å². The third kappa shape index (κ3) is 6.87. The average Bonchev–Trinajstić information content (AvgIpc) is 2.37. The summed E-state index contributed by atoms with van der Waals surface area (Å²) in [4.78, 5) is 0. The molecule has 0 aliphatic rings. The minimum Gasteiger partial charge on any atom is -0.376 e. The highest BCUT2D eigenvalue weighted by Crippen LogP contribution is 2.27. The first-order valence-corrected chi connectivity index (χ1v) is 8.32. The molecular formula is C17H28BrNO. The van der Waals surface area contributed by atoms with Gasteiger partial charge in [0.1, 0.15) is 0 Å². The van der Waals surface area contributed by atoms with Gasteiger partial charge in [-0.25, -0.2) is 0 Å². The van der Waals surface area contributed by atoms with Gasteiger partial charge in [0.15, 0.2) is 0 Å². The molecule has 0 spiro atoms. The Morgan fingerprint density at radius 2 is 1.95 bits per heavy atom. The Morgan fingerprint density at radius 3 is 2.55 bits per heavy atom. The molecule has 0 radical (unpaired) electrons. The molecule has 0 fully saturated rings. The number of ether oxygens (including phenoxy) is 1. The predicted molar refractivity (Wildman–Crippen MR) is 90.4 cm³/mol. The van der Waals surface area contributed by atoms with Crippen LogP contribution in [0.15, 0.2) is 28.7 Å². The van der Waals surface area contributed by atoms with Crippen molar-refractivity contribution in [2.75, 3.05) is 19.7 Å². The molecule has 0 bridgehead atoms. The molecule has 0 aromatic heterocycles. The molecule has 1 rings (SSSR count). The molecular weight excluding hydrogens is 314 g/mol. The molecule has 3 heteroatoms. The minimum absolute atomic E-state index is 0.0602. The summed E-state index contributed by atoms with van der Waals surface area (Å²) < 4.78 is 7.08. The van der Waals surface area contributed by atoms with Gasteiger partial charge in [-0.1, -0.05) is 41.1 Å². The lowest BCUT2D eigenvalue weighted by molar-refractivity contribution is -0.00624. The van der Waals surface area contributed by atoms with Gasteiger partial charge in [0.25, 0.3) is 0 Å². The van der Waals surface area contributed by atoms with E-state index in [0.29, 0.717) is 5.92 Å². The van der Waals surface area contributed by atoms with Crippen molar-refractivity contribution >= 4 is 15.9 Å². The molecule has 0 saturated heterocycles. The van der Waals surface area contributed by atoms with Crippen LogP contribution >= 0.6 is 15.9 Å². The zero-order chi connectivity index (χ0) is 15.0. The van der Waals surface area contributed by atoms with Crippen molar-refractivity contribution in [1.82, 2.24) is 5.32 Å². The van der Waals surface area contributed by atoms with E-state index in [1.165, 1.54) is 16.5 Å². The number of halogens is 1. The number of benzene rings is 1. The smallest absolute Gasteiger partial charge is 0.0598 e. The highest BCUT2D eigenvalue weighted by Gasteiger charge is 2.16. The summed E-state index contributed by atoms with van der Waals surface area (Å²) >= 11 is 3.67. The van der Waals surface area contributed by atoms with Crippen LogP contribution in [0.25, 0.3) is 0 Å². The van der Waals surface area contributed by atoms with Gasteiger partial charge in [0, 0.05) is 17.6 Å². The standard InChI is InChI=1S/C17H28BrNO/c1-5-11-19-13-14(10-12-20-17(2,3)4)15-8-6-7-9-16(15)18/h6-9,14,19H,5,10-13H2,1-4H3. The summed E-state index contributed by atoms with van der Waals surface area (Å²) in [6.07, 6.45) is 2.21. The third-order valence-corrected chi connectivity index (χ3v) is 3.89. The fourth-order valence-electron chi connectivity index (χ4n) is 2.13. The quantitative estimate of drug-likeness (QED) is 0.689. The van der Waals surface area contributed by atoms with Gasteiger partial charge < -0.3 is 10.1 Å². The summed E-state index contributed by atoms with van der Waals surface area (Å²) in [6, 6.07) is 8.50. The van der Waals surface area contributed by atoms with Gasteiger partial charge in [-0.2, -0.15) is 0 Å². The highest BCUT2D eigenvalue weighted by molar-refractivity contribution is 9.10. The molecule has 1 atom stereocenters. The molecule has 1 unspecified atom stereocenters. The first-order valence-electron chi connectivity index (χ1n) is 7.53. The van der Waals surface area contributed by atoms with Crippen molar-refractivity contribution < 1.29 is 4.74 Å². The van der Waals surface area contributed by atoms with Crippen molar-refractivity contribution in [3.8, 4) is 0 Å². The topological polar surface area (TPSA) is 21.3 Å². The third-order valence-electron chi connectivity index (χ3n) is 3.16. The lowest BCUT2D eigenvalue weighted by Crippen LogP contribution is -2.25. The molecule has 114 valence electrons. The van der Waals surface area contributed by atoms with Gasteiger partial charge in [0.05, 0.1) is 5.60 Å². The molecule has 1 N–H and O–H groups in total. The van der Waals surface area contributed by atoms with E-state index in [-0.39, 0.29) is 5.60 Å². The Kier molecular flexibility index (Phi) is 7.78. The first-order chi connectivity index (χ1) is 9.44. The maximum absolute atomic E-state index is 5.88. The average molecular weight is 342 g/mol. The highest BCUT2D eigenvalue weighted by atomic mass is 79.9. The molecule has 20 heavy (non-hydrogen) atoms. The first kappa shape index (κ1) is 17.7. The van der Waals surface area contributed by atoms with Crippen LogP contribution in [0.5, 0.6) is 0 Å². The summed E-state index contributed by atoms with van der Waals surface area (Å²) in [5, 5.41) is 3.53. The van der Waals surface area contributed by atoms with Crippen LogP contribution in [-0.4, -0.2) is 25.3 Å². The van der Waals surface area contributed by atoms with Crippen molar-refractivity contribution in [2.24, 2.45) is 0 Å². The van der Waals surface area contributed by atoms with Gasteiger partial charge in [-0.3, -0.25) is 0 Å². The molecule has 0 aliphatic heterocycles. The number of nitrogens with one attached hydrogen (secondary N) is 1. The van der Waals surface area contributed by atoms with E-state index in [0.717, 1.165) is 26.1 Å². The van der Waals surface area contributed by atoms with Crippen LogP contribution in [0, 0.1) is 0 Å².